The number of oxazole rings is 1. The number of guanidine groups is 1. The summed E-state index contributed by atoms with van der Waals surface area (Å²) in [5, 5.41) is 6.97. The average molecular weight is 510 g/mol. The molecule has 2 aromatic rings. The fourth-order valence-electron chi connectivity index (χ4n) is 4.39. The lowest BCUT2D eigenvalue weighted by Crippen LogP contribution is -2.68. The van der Waals surface area contributed by atoms with Gasteiger partial charge in [0.1, 0.15) is 6.26 Å². The molecule has 158 valence electrons. The minimum Gasteiger partial charge on any atom is -0.444 e. The van der Waals surface area contributed by atoms with Gasteiger partial charge in [0, 0.05) is 30.7 Å². The molecule has 2 N–H and O–H groups in total. The molecule has 2 aliphatic carbocycles. The van der Waals surface area contributed by atoms with Crippen LogP contribution in [0, 0.1) is 12.3 Å². The lowest BCUT2D eigenvalue weighted by atomic mass is 9.51. The highest BCUT2D eigenvalue weighted by Crippen LogP contribution is 2.57. The number of ether oxygens (including phenoxy) is 1. The van der Waals surface area contributed by atoms with Gasteiger partial charge in [0.15, 0.2) is 5.96 Å². The third-order valence-electron chi connectivity index (χ3n) is 6.26. The Morgan fingerprint density at radius 3 is 2.69 bits per heavy atom. The van der Waals surface area contributed by atoms with E-state index in [1.165, 1.54) is 24.8 Å². The first kappa shape index (κ1) is 22.1. The molecule has 29 heavy (non-hydrogen) atoms. The number of hydrogen-bond acceptors (Lipinski definition) is 4. The molecule has 1 heterocycles. The predicted octanol–water partition coefficient (Wildman–Crippen LogP) is 4.28. The second-order valence-corrected chi connectivity index (χ2v) is 7.90. The summed E-state index contributed by atoms with van der Waals surface area (Å²) in [4.78, 5) is 8.98. The van der Waals surface area contributed by atoms with Crippen molar-refractivity contribution < 1.29 is 9.15 Å². The molecule has 0 amide bonds. The fourth-order valence-corrected chi connectivity index (χ4v) is 4.39. The molecular formula is C22H31IN4O2. The van der Waals surface area contributed by atoms with Gasteiger partial charge in [0.2, 0.25) is 5.89 Å². The molecule has 0 radical (unpaired) electrons. The van der Waals surface area contributed by atoms with E-state index in [2.05, 4.69) is 46.6 Å². The molecule has 6 nitrogen and oxygen atoms in total. The predicted molar refractivity (Wildman–Crippen MR) is 126 cm³/mol. The summed E-state index contributed by atoms with van der Waals surface area (Å²) in [5.41, 5.74) is 3.37. The lowest BCUT2D eigenvalue weighted by Gasteiger charge is -2.61. The summed E-state index contributed by atoms with van der Waals surface area (Å²) in [7, 11) is 1.81. The van der Waals surface area contributed by atoms with Crippen LogP contribution >= 0.6 is 24.0 Å². The first-order valence-corrected chi connectivity index (χ1v) is 10.2. The minimum atomic E-state index is 0. The topological polar surface area (TPSA) is 71.7 Å². The number of benzene rings is 1. The van der Waals surface area contributed by atoms with Gasteiger partial charge >= 0.3 is 0 Å². The van der Waals surface area contributed by atoms with E-state index < -0.39 is 0 Å². The van der Waals surface area contributed by atoms with Gasteiger partial charge in [-0.05, 0) is 45.2 Å². The van der Waals surface area contributed by atoms with E-state index >= 15 is 0 Å². The molecule has 1 aromatic heterocycles. The van der Waals surface area contributed by atoms with Crippen LogP contribution in [0.2, 0.25) is 0 Å². The Labute approximate surface area is 189 Å². The van der Waals surface area contributed by atoms with Crippen LogP contribution in [0.1, 0.15) is 43.9 Å². The smallest absolute Gasteiger partial charge is 0.226 e. The van der Waals surface area contributed by atoms with Gasteiger partial charge in [0.05, 0.1) is 18.3 Å². The molecule has 1 spiro atoms. The largest absolute Gasteiger partial charge is 0.444 e. The Morgan fingerprint density at radius 2 is 2.07 bits per heavy atom. The quantitative estimate of drug-likeness (QED) is 0.345. The van der Waals surface area contributed by atoms with Crippen LogP contribution in [0.3, 0.4) is 0 Å². The van der Waals surface area contributed by atoms with E-state index in [4.69, 9.17) is 9.15 Å². The first-order chi connectivity index (χ1) is 13.6. The van der Waals surface area contributed by atoms with Crippen LogP contribution in [-0.2, 0) is 11.3 Å². The van der Waals surface area contributed by atoms with E-state index in [0.717, 1.165) is 30.2 Å². The van der Waals surface area contributed by atoms with Gasteiger partial charge in [-0.15, -0.1) is 24.0 Å². The summed E-state index contributed by atoms with van der Waals surface area (Å²) in [6.45, 7) is 5.52. The van der Waals surface area contributed by atoms with Gasteiger partial charge in [0.25, 0.3) is 0 Å². The molecule has 0 bridgehead atoms. The molecular weight excluding hydrogens is 479 g/mol. The van der Waals surface area contributed by atoms with E-state index in [1.54, 1.807) is 6.26 Å². The standard InChI is InChI=1S/C22H30N4O2.HI/c1-4-27-19-12-18(22(19)10-5-11-22)26-21(23-3)24-13-17-14-28-20(25-17)16-8-6-15(2)7-9-16;/h6-9,14,18-19H,4-5,10-13H2,1-3H3,(H2,23,24,26);1H. The second kappa shape index (κ2) is 9.47. The monoisotopic (exact) mass is 510 g/mol. The first-order valence-electron chi connectivity index (χ1n) is 10.2. The van der Waals surface area contributed by atoms with Gasteiger partial charge in [-0.25, -0.2) is 4.98 Å². The van der Waals surface area contributed by atoms with Crippen molar-refractivity contribution in [1.82, 2.24) is 15.6 Å². The highest BCUT2D eigenvalue weighted by Gasteiger charge is 2.59. The number of rotatable bonds is 6. The van der Waals surface area contributed by atoms with Crippen LogP contribution in [0.5, 0.6) is 0 Å². The second-order valence-electron chi connectivity index (χ2n) is 7.90. The SMILES string of the molecule is CCOC1CC(NC(=NC)NCc2coc(-c3ccc(C)cc3)n2)C12CCC2.I. The van der Waals surface area contributed by atoms with Crippen LogP contribution in [0.15, 0.2) is 39.9 Å². The maximum Gasteiger partial charge on any atom is 0.226 e. The lowest BCUT2D eigenvalue weighted by molar-refractivity contribution is -0.168. The molecule has 1 aromatic carbocycles. The van der Waals surface area contributed by atoms with Crippen molar-refractivity contribution >= 4 is 29.9 Å². The Balaban J connectivity index is 0.00000240. The Kier molecular flexibility index (Phi) is 7.21. The number of nitrogens with one attached hydrogen (secondary N) is 2. The van der Waals surface area contributed by atoms with E-state index in [0.29, 0.717) is 30.0 Å². The van der Waals surface area contributed by atoms with Gasteiger partial charge in [-0.3, -0.25) is 4.99 Å². The summed E-state index contributed by atoms with van der Waals surface area (Å²) in [5.74, 6) is 1.46. The summed E-state index contributed by atoms with van der Waals surface area (Å²) in [6, 6.07) is 8.62. The van der Waals surface area contributed by atoms with Crippen LogP contribution < -0.4 is 10.6 Å². The normalized spacial score (nSPS) is 22.4. The van der Waals surface area contributed by atoms with Crippen molar-refractivity contribution in [2.45, 2.75) is 58.2 Å². The van der Waals surface area contributed by atoms with E-state index in [1.807, 2.05) is 19.2 Å². The maximum absolute atomic E-state index is 5.94. The third kappa shape index (κ3) is 4.45. The van der Waals surface area contributed by atoms with Crippen molar-refractivity contribution in [1.29, 1.82) is 0 Å². The molecule has 4 rings (SSSR count). The number of hydrogen-bond donors (Lipinski definition) is 2. The van der Waals surface area contributed by atoms with Gasteiger partial charge < -0.3 is 19.8 Å². The molecule has 2 aliphatic rings. The van der Waals surface area contributed by atoms with Crippen molar-refractivity contribution in [3.8, 4) is 11.5 Å². The van der Waals surface area contributed by atoms with Crippen LogP contribution in [0.25, 0.3) is 11.5 Å². The zero-order valence-electron chi connectivity index (χ0n) is 17.4. The summed E-state index contributed by atoms with van der Waals surface area (Å²) >= 11 is 0. The highest BCUT2D eigenvalue weighted by atomic mass is 127. The number of aromatic nitrogens is 1. The van der Waals surface area contributed by atoms with Crippen molar-refractivity contribution in [2.75, 3.05) is 13.7 Å². The maximum atomic E-state index is 5.94. The number of nitrogens with zero attached hydrogens (tertiary/aromatic N) is 2. The zero-order valence-corrected chi connectivity index (χ0v) is 19.7. The van der Waals surface area contributed by atoms with Gasteiger partial charge in [-0.2, -0.15) is 0 Å². The molecule has 7 heteroatoms. The average Bonchev–Trinajstić information content (AvgIpc) is 3.11. The summed E-state index contributed by atoms with van der Waals surface area (Å²) in [6.07, 6.45) is 6.95. The van der Waals surface area contributed by atoms with Crippen LogP contribution in [-0.4, -0.2) is 36.7 Å². The number of aryl methyl sites for hydroxylation is 1. The Bertz CT molecular complexity index is 830. The number of aliphatic imine (C=N–C) groups is 1. The minimum absolute atomic E-state index is 0. The Hall–Kier alpha value is -1.61. The molecule has 0 aliphatic heterocycles. The number of halogens is 1. The zero-order chi connectivity index (χ0) is 19.6. The highest BCUT2D eigenvalue weighted by molar-refractivity contribution is 14.0. The van der Waals surface area contributed by atoms with Crippen LogP contribution in [0.4, 0.5) is 0 Å². The van der Waals surface area contributed by atoms with E-state index in [-0.39, 0.29) is 24.0 Å². The molecule has 2 saturated carbocycles. The molecule has 0 saturated heterocycles. The van der Waals surface area contributed by atoms with Crippen molar-refractivity contribution in [2.24, 2.45) is 10.4 Å². The van der Waals surface area contributed by atoms with Gasteiger partial charge in [-0.1, -0.05) is 24.1 Å². The summed E-state index contributed by atoms with van der Waals surface area (Å²) < 4.78 is 11.6. The Morgan fingerprint density at radius 1 is 1.31 bits per heavy atom. The molecule has 2 fully saturated rings. The van der Waals surface area contributed by atoms with E-state index in [9.17, 15) is 0 Å². The molecule has 2 unspecified atom stereocenters. The third-order valence-corrected chi connectivity index (χ3v) is 6.26. The van der Waals surface area contributed by atoms with Crippen molar-refractivity contribution in [3.63, 3.8) is 0 Å². The fraction of sp³-hybridized carbons (Fsp3) is 0.545. The molecule has 2 atom stereocenters. The van der Waals surface area contributed by atoms with Crippen molar-refractivity contribution in [3.05, 3.63) is 41.8 Å².